The van der Waals surface area contributed by atoms with Crippen LogP contribution >= 0.6 is 0 Å². The highest BCUT2D eigenvalue weighted by Gasteiger charge is 2.16. The van der Waals surface area contributed by atoms with E-state index in [0.29, 0.717) is 11.2 Å². The smallest absolute Gasteiger partial charge is 0.341 e. The topological polar surface area (TPSA) is 80.9 Å². The lowest BCUT2D eigenvalue weighted by atomic mass is 10.2. The van der Waals surface area contributed by atoms with Gasteiger partial charge in [0.15, 0.2) is 11.1 Å². The van der Waals surface area contributed by atoms with E-state index < -0.39 is 17.0 Å². The molecule has 2 aromatic rings. The van der Waals surface area contributed by atoms with E-state index in [9.17, 15) is 9.00 Å². The summed E-state index contributed by atoms with van der Waals surface area (Å²) in [6, 6.07) is 3.01. The Labute approximate surface area is 106 Å². The monoisotopic (exact) mass is 268 g/mol. The van der Waals surface area contributed by atoms with Crippen LogP contribution in [-0.2, 0) is 15.8 Å². The van der Waals surface area contributed by atoms with Crippen LogP contribution in [0, 0.1) is 6.92 Å². The van der Waals surface area contributed by atoms with E-state index in [1.54, 1.807) is 19.9 Å². The van der Waals surface area contributed by atoms with Crippen molar-refractivity contribution in [2.75, 3.05) is 6.61 Å². The molecule has 0 amide bonds. The number of esters is 1. The first-order valence-electron chi connectivity index (χ1n) is 5.31. The molecule has 2 rings (SSSR count). The van der Waals surface area contributed by atoms with Crippen molar-refractivity contribution in [2.24, 2.45) is 0 Å². The van der Waals surface area contributed by atoms with Gasteiger partial charge >= 0.3 is 5.97 Å². The number of rotatable bonds is 3. The minimum absolute atomic E-state index is 0.228. The summed E-state index contributed by atoms with van der Waals surface area (Å²) in [6.07, 6.45) is 1.39. The van der Waals surface area contributed by atoms with Crippen molar-refractivity contribution >= 4 is 22.6 Å². The second-order valence-electron chi connectivity index (χ2n) is 3.66. The minimum atomic E-state index is -2.10. The maximum atomic E-state index is 11.7. The van der Waals surface area contributed by atoms with Crippen LogP contribution < -0.4 is 0 Å². The van der Waals surface area contributed by atoms with Crippen LogP contribution in [0.15, 0.2) is 23.2 Å². The predicted octanol–water partition coefficient (Wildman–Crippen LogP) is 1.40. The van der Waals surface area contributed by atoms with Gasteiger partial charge in [0, 0.05) is 5.69 Å². The Hall–Kier alpha value is -1.73. The maximum Gasteiger partial charge on any atom is 0.341 e. The fourth-order valence-corrected chi connectivity index (χ4v) is 2.17. The van der Waals surface area contributed by atoms with Gasteiger partial charge in [0.1, 0.15) is 5.56 Å². The number of nitrogens with zero attached hydrogens (tertiary/aromatic N) is 2. The highest BCUT2D eigenvalue weighted by atomic mass is 32.2. The molecule has 0 aliphatic rings. The molecule has 0 bridgehead atoms. The van der Waals surface area contributed by atoms with Crippen molar-refractivity contribution in [3.8, 4) is 0 Å². The second kappa shape index (κ2) is 4.87. The molecule has 0 saturated carbocycles. The first-order chi connectivity index (χ1) is 8.54. The number of hydrogen-bond acceptors (Lipinski definition) is 4. The molecule has 0 saturated heterocycles. The van der Waals surface area contributed by atoms with Crippen molar-refractivity contribution in [2.45, 2.75) is 18.7 Å². The Morgan fingerprint density at radius 1 is 1.56 bits per heavy atom. The van der Waals surface area contributed by atoms with Gasteiger partial charge in [0.2, 0.25) is 0 Å². The van der Waals surface area contributed by atoms with Gasteiger partial charge in [0.05, 0.1) is 23.2 Å². The van der Waals surface area contributed by atoms with E-state index in [4.69, 9.17) is 9.29 Å². The molecule has 7 heteroatoms. The molecule has 18 heavy (non-hydrogen) atoms. The summed E-state index contributed by atoms with van der Waals surface area (Å²) in [6.45, 7) is 3.72. The summed E-state index contributed by atoms with van der Waals surface area (Å²) >= 11 is -2.10. The standard InChI is InChI=1S/C11H12N2O4S/c1-3-17-11(14)9-6-12-13-7(2)4-8(18(15)16)5-10(9)13/h4-6H,3H2,1-2H3,(H,15,16). The first-order valence-corrected chi connectivity index (χ1v) is 6.41. The van der Waals surface area contributed by atoms with Crippen LogP contribution in [0.5, 0.6) is 0 Å². The second-order valence-corrected chi connectivity index (χ2v) is 4.63. The first kappa shape index (κ1) is 12.7. The molecule has 1 atom stereocenters. The van der Waals surface area contributed by atoms with Crippen LogP contribution in [0.1, 0.15) is 23.0 Å². The SMILES string of the molecule is CCOC(=O)c1cnn2c(C)cc(S(=O)O)cc12. The zero-order valence-corrected chi connectivity index (χ0v) is 10.7. The molecule has 1 N–H and O–H groups in total. The minimum Gasteiger partial charge on any atom is -0.462 e. The van der Waals surface area contributed by atoms with Gasteiger partial charge in [-0.15, -0.1) is 0 Å². The average Bonchev–Trinajstić information content (AvgIpc) is 2.73. The third-order valence-electron chi connectivity index (χ3n) is 2.47. The number of fused-ring (bicyclic) bond motifs is 1. The van der Waals surface area contributed by atoms with Crippen LogP contribution in [0.25, 0.3) is 5.52 Å². The van der Waals surface area contributed by atoms with E-state index in [-0.39, 0.29) is 17.1 Å². The molecule has 6 nitrogen and oxygen atoms in total. The zero-order valence-electron chi connectivity index (χ0n) is 9.91. The number of aryl methyl sites for hydroxylation is 1. The molecular weight excluding hydrogens is 256 g/mol. The van der Waals surface area contributed by atoms with E-state index in [1.807, 2.05) is 0 Å². The Kier molecular flexibility index (Phi) is 3.44. The van der Waals surface area contributed by atoms with Crippen molar-refractivity contribution < 1.29 is 18.3 Å². The molecule has 0 spiro atoms. The lowest BCUT2D eigenvalue weighted by Gasteiger charge is -2.04. The molecule has 0 radical (unpaired) electrons. The number of aromatic nitrogens is 2. The largest absolute Gasteiger partial charge is 0.462 e. The van der Waals surface area contributed by atoms with Gasteiger partial charge in [-0.3, -0.25) is 0 Å². The molecular formula is C11H12N2O4S. The molecule has 0 aromatic carbocycles. The van der Waals surface area contributed by atoms with Gasteiger partial charge in [-0.25, -0.2) is 13.5 Å². The van der Waals surface area contributed by atoms with Gasteiger partial charge in [-0.05, 0) is 26.0 Å². The van der Waals surface area contributed by atoms with E-state index in [2.05, 4.69) is 5.10 Å². The maximum absolute atomic E-state index is 11.7. The van der Waals surface area contributed by atoms with Crippen molar-refractivity contribution in [1.82, 2.24) is 9.61 Å². The third kappa shape index (κ3) is 2.14. The van der Waals surface area contributed by atoms with Crippen LogP contribution in [0.2, 0.25) is 0 Å². The summed E-state index contributed by atoms with van der Waals surface area (Å²) in [5.41, 5.74) is 1.42. The van der Waals surface area contributed by atoms with Crippen molar-refractivity contribution in [3.63, 3.8) is 0 Å². The Balaban J connectivity index is 2.63. The van der Waals surface area contributed by atoms with E-state index >= 15 is 0 Å². The van der Waals surface area contributed by atoms with Gasteiger partial charge in [-0.2, -0.15) is 5.10 Å². The number of pyridine rings is 1. The summed E-state index contributed by atoms with van der Waals surface area (Å²) in [5, 5.41) is 4.06. The van der Waals surface area contributed by atoms with Gasteiger partial charge < -0.3 is 9.29 Å². The Bertz CT molecular complexity index is 635. The zero-order chi connectivity index (χ0) is 13.3. The highest BCUT2D eigenvalue weighted by molar-refractivity contribution is 7.79. The number of ether oxygens (including phenoxy) is 1. The molecule has 2 heterocycles. The number of carbonyl (C=O) groups excluding carboxylic acids is 1. The molecule has 0 fully saturated rings. The summed E-state index contributed by atoms with van der Waals surface area (Å²) < 4.78 is 26.6. The van der Waals surface area contributed by atoms with Gasteiger partial charge in [-0.1, -0.05) is 0 Å². The van der Waals surface area contributed by atoms with Gasteiger partial charge in [0.25, 0.3) is 0 Å². The quantitative estimate of drug-likeness (QED) is 0.672. The molecule has 0 aliphatic carbocycles. The fraction of sp³-hybridized carbons (Fsp3) is 0.273. The lowest BCUT2D eigenvalue weighted by Crippen LogP contribution is -2.05. The van der Waals surface area contributed by atoms with Crippen molar-refractivity contribution in [3.05, 3.63) is 29.6 Å². The predicted molar refractivity (Wildman–Crippen MR) is 64.9 cm³/mol. The summed E-state index contributed by atoms with van der Waals surface area (Å²) in [5.74, 6) is -0.493. The fourth-order valence-electron chi connectivity index (χ4n) is 1.69. The molecule has 1 unspecified atom stereocenters. The van der Waals surface area contributed by atoms with E-state index in [0.717, 1.165) is 0 Å². The number of carbonyl (C=O) groups is 1. The highest BCUT2D eigenvalue weighted by Crippen LogP contribution is 2.18. The third-order valence-corrected chi connectivity index (χ3v) is 3.11. The number of hydrogen-bond donors (Lipinski definition) is 1. The average molecular weight is 268 g/mol. The van der Waals surface area contributed by atoms with Crippen LogP contribution in [0.4, 0.5) is 0 Å². The molecule has 0 aliphatic heterocycles. The van der Waals surface area contributed by atoms with Crippen LogP contribution in [-0.4, -0.2) is 31.0 Å². The molecule has 2 aromatic heterocycles. The molecule has 96 valence electrons. The summed E-state index contributed by atoms with van der Waals surface area (Å²) in [4.78, 5) is 11.9. The lowest BCUT2D eigenvalue weighted by molar-refractivity contribution is 0.0528. The van der Waals surface area contributed by atoms with Crippen molar-refractivity contribution in [1.29, 1.82) is 0 Å². The Morgan fingerprint density at radius 2 is 2.28 bits per heavy atom. The Morgan fingerprint density at radius 3 is 2.89 bits per heavy atom. The normalized spacial score (nSPS) is 12.6. The van der Waals surface area contributed by atoms with E-state index in [1.165, 1.54) is 16.8 Å². The van der Waals surface area contributed by atoms with Crippen LogP contribution in [0.3, 0.4) is 0 Å². The summed E-state index contributed by atoms with van der Waals surface area (Å²) in [7, 11) is 0.